The van der Waals surface area contributed by atoms with Crippen LogP contribution in [0.1, 0.15) is 5.56 Å². The van der Waals surface area contributed by atoms with Crippen LogP contribution >= 0.6 is 0 Å². The Balaban J connectivity index is 2.07. The van der Waals surface area contributed by atoms with Gasteiger partial charge in [0.25, 0.3) is 0 Å². The molecule has 1 aromatic heterocycles. The summed E-state index contributed by atoms with van der Waals surface area (Å²) < 4.78 is 0. The smallest absolute Gasteiger partial charge is 0.169 e. The lowest BCUT2D eigenvalue weighted by Crippen LogP contribution is -2.23. The highest BCUT2D eigenvalue weighted by atomic mass is 16.1. The number of carbonyl (C=O) groups is 2. The van der Waals surface area contributed by atoms with Crippen molar-refractivity contribution in [2.75, 3.05) is 0 Å². The lowest BCUT2D eigenvalue weighted by atomic mass is 9.91. The molecule has 1 aliphatic carbocycles. The van der Waals surface area contributed by atoms with Gasteiger partial charge in [-0.3, -0.25) is 14.6 Å². The van der Waals surface area contributed by atoms with Gasteiger partial charge in [0.2, 0.25) is 0 Å². The SMILES string of the molecule is O=C1C=CC=CC1C(=O)Cc1ccncc1. The van der Waals surface area contributed by atoms with Crippen LogP contribution in [0, 0.1) is 5.92 Å². The number of aromatic nitrogens is 1. The zero-order valence-corrected chi connectivity index (χ0v) is 8.67. The van der Waals surface area contributed by atoms with Gasteiger partial charge in [0.1, 0.15) is 0 Å². The molecule has 0 bridgehead atoms. The molecule has 0 N–H and O–H groups in total. The second kappa shape index (κ2) is 4.66. The molecular formula is C13H11NO2. The number of hydrogen-bond acceptors (Lipinski definition) is 3. The largest absolute Gasteiger partial charge is 0.298 e. The minimum atomic E-state index is -0.613. The lowest BCUT2D eigenvalue weighted by molar-refractivity contribution is -0.128. The Morgan fingerprint density at radius 1 is 1.25 bits per heavy atom. The summed E-state index contributed by atoms with van der Waals surface area (Å²) in [5.74, 6) is -0.823. The summed E-state index contributed by atoms with van der Waals surface area (Å²) in [6.07, 6.45) is 10.0. The van der Waals surface area contributed by atoms with E-state index >= 15 is 0 Å². The highest BCUT2D eigenvalue weighted by Crippen LogP contribution is 2.12. The van der Waals surface area contributed by atoms with E-state index < -0.39 is 5.92 Å². The fourth-order valence-corrected chi connectivity index (χ4v) is 1.60. The molecule has 3 nitrogen and oxygen atoms in total. The maximum absolute atomic E-state index is 11.9. The molecule has 0 aliphatic heterocycles. The quantitative estimate of drug-likeness (QED) is 0.715. The Morgan fingerprint density at radius 3 is 2.69 bits per heavy atom. The average molecular weight is 213 g/mol. The van der Waals surface area contributed by atoms with Crippen LogP contribution in [-0.2, 0) is 16.0 Å². The zero-order chi connectivity index (χ0) is 11.4. The number of ketones is 2. The van der Waals surface area contributed by atoms with E-state index in [1.54, 1.807) is 42.8 Å². The first-order chi connectivity index (χ1) is 7.77. The Bertz CT molecular complexity index is 460. The van der Waals surface area contributed by atoms with Crippen molar-refractivity contribution in [3.63, 3.8) is 0 Å². The summed E-state index contributed by atoms with van der Waals surface area (Å²) in [7, 11) is 0. The standard InChI is InChI=1S/C13H11NO2/c15-12-4-2-1-3-11(12)13(16)9-10-5-7-14-8-6-10/h1-8,11H,9H2. The Kier molecular flexibility index (Phi) is 3.05. The maximum Gasteiger partial charge on any atom is 0.169 e. The molecule has 0 spiro atoms. The number of Topliss-reactive ketones (excluding diaryl/α,β-unsaturated/α-hetero) is 1. The highest BCUT2D eigenvalue weighted by molar-refractivity contribution is 6.10. The summed E-state index contributed by atoms with van der Waals surface area (Å²) >= 11 is 0. The van der Waals surface area contributed by atoms with Gasteiger partial charge in [0.15, 0.2) is 11.6 Å². The Morgan fingerprint density at radius 2 is 2.00 bits per heavy atom. The Hall–Kier alpha value is -2.03. The third-order valence-corrected chi connectivity index (χ3v) is 2.46. The topological polar surface area (TPSA) is 47.0 Å². The fraction of sp³-hybridized carbons (Fsp3) is 0.154. The van der Waals surface area contributed by atoms with Gasteiger partial charge in [0, 0.05) is 18.8 Å². The average Bonchev–Trinajstić information content (AvgIpc) is 2.31. The first-order valence-electron chi connectivity index (χ1n) is 5.08. The van der Waals surface area contributed by atoms with E-state index in [2.05, 4.69) is 4.98 Å². The number of allylic oxidation sites excluding steroid dienone is 4. The number of carbonyl (C=O) groups excluding carboxylic acids is 2. The van der Waals surface area contributed by atoms with Crippen LogP contribution in [0.4, 0.5) is 0 Å². The first kappa shape index (κ1) is 10.5. The van der Waals surface area contributed by atoms with E-state index in [-0.39, 0.29) is 18.0 Å². The van der Waals surface area contributed by atoms with Gasteiger partial charge in [0.05, 0.1) is 5.92 Å². The Labute approximate surface area is 93.5 Å². The molecule has 3 heteroatoms. The third kappa shape index (κ3) is 2.31. The van der Waals surface area contributed by atoms with Crippen molar-refractivity contribution in [3.8, 4) is 0 Å². The van der Waals surface area contributed by atoms with Crippen LogP contribution in [0.5, 0.6) is 0 Å². The summed E-state index contributed by atoms with van der Waals surface area (Å²) in [5.41, 5.74) is 0.885. The molecule has 0 saturated carbocycles. The van der Waals surface area contributed by atoms with Crippen LogP contribution in [0.2, 0.25) is 0 Å². The molecule has 80 valence electrons. The van der Waals surface area contributed by atoms with E-state index in [4.69, 9.17) is 0 Å². The van der Waals surface area contributed by atoms with Gasteiger partial charge < -0.3 is 0 Å². The van der Waals surface area contributed by atoms with Crippen molar-refractivity contribution in [2.45, 2.75) is 6.42 Å². The van der Waals surface area contributed by atoms with Gasteiger partial charge >= 0.3 is 0 Å². The van der Waals surface area contributed by atoms with Crippen molar-refractivity contribution in [1.29, 1.82) is 0 Å². The number of nitrogens with zero attached hydrogens (tertiary/aromatic N) is 1. The normalized spacial score (nSPS) is 18.8. The van der Waals surface area contributed by atoms with Crippen molar-refractivity contribution in [1.82, 2.24) is 4.98 Å². The fourth-order valence-electron chi connectivity index (χ4n) is 1.60. The van der Waals surface area contributed by atoms with Crippen LogP contribution < -0.4 is 0 Å². The van der Waals surface area contributed by atoms with Crippen LogP contribution in [0.15, 0.2) is 48.8 Å². The number of rotatable bonds is 3. The van der Waals surface area contributed by atoms with E-state index in [1.807, 2.05) is 0 Å². The number of hydrogen-bond donors (Lipinski definition) is 0. The van der Waals surface area contributed by atoms with Crippen molar-refractivity contribution >= 4 is 11.6 Å². The minimum Gasteiger partial charge on any atom is -0.298 e. The molecule has 1 heterocycles. The molecule has 16 heavy (non-hydrogen) atoms. The molecule has 0 aromatic carbocycles. The predicted molar refractivity (Wildman–Crippen MR) is 59.7 cm³/mol. The van der Waals surface area contributed by atoms with Gasteiger partial charge in [-0.15, -0.1) is 0 Å². The van der Waals surface area contributed by atoms with E-state index in [0.29, 0.717) is 0 Å². The summed E-state index contributed by atoms with van der Waals surface area (Å²) in [4.78, 5) is 27.2. The van der Waals surface area contributed by atoms with Crippen LogP contribution in [0.25, 0.3) is 0 Å². The zero-order valence-electron chi connectivity index (χ0n) is 8.67. The summed E-state index contributed by atoms with van der Waals surface area (Å²) in [6, 6.07) is 3.56. The summed E-state index contributed by atoms with van der Waals surface area (Å²) in [6.45, 7) is 0. The molecule has 2 rings (SSSR count). The minimum absolute atomic E-state index is 0.0724. The molecule has 0 amide bonds. The second-order valence-electron chi connectivity index (χ2n) is 3.62. The first-order valence-corrected chi connectivity index (χ1v) is 5.08. The number of pyridine rings is 1. The van der Waals surface area contributed by atoms with E-state index in [9.17, 15) is 9.59 Å². The van der Waals surface area contributed by atoms with Crippen molar-refractivity contribution in [3.05, 3.63) is 54.4 Å². The van der Waals surface area contributed by atoms with Gasteiger partial charge in [-0.2, -0.15) is 0 Å². The van der Waals surface area contributed by atoms with Crippen LogP contribution in [-0.4, -0.2) is 16.6 Å². The lowest BCUT2D eigenvalue weighted by Gasteiger charge is -2.10. The summed E-state index contributed by atoms with van der Waals surface area (Å²) in [5, 5.41) is 0. The van der Waals surface area contributed by atoms with Crippen LogP contribution in [0.3, 0.4) is 0 Å². The molecular weight excluding hydrogens is 202 g/mol. The predicted octanol–water partition coefficient (Wildman–Crippen LogP) is 1.50. The van der Waals surface area contributed by atoms with Gasteiger partial charge in [-0.25, -0.2) is 0 Å². The van der Waals surface area contributed by atoms with E-state index in [0.717, 1.165) is 5.56 Å². The third-order valence-electron chi connectivity index (χ3n) is 2.46. The molecule has 1 atom stereocenters. The monoisotopic (exact) mass is 213 g/mol. The second-order valence-corrected chi connectivity index (χ2v) is 3.62. The highest BCUT2D eigenvalue weighted by Gasteiger charge is 2.22. The molecule has 0 fully saturated rings. The van der Waals surface area contributed by atoms with Crippen molar-refractivity contribution < 1.29 is 9.59 Å². The molecule has 0 radical (unpaired) electrons. The molecule has 1 unspecified atom stereocenters. The molecule has 1 aliphatic rings. The maximum atomic E-state index is 11.9. The van der Waals surface area contributed by atoms with Gasteiger partial charge in [-0.05, 0) is 23.8 Å². The van der Waals surface area contributed by atoms with Crippen molar-refractivity contribution in [2.24, 2.45) is 5.92 Å². The van der Waals surface area contributed by atoms with Gasteiger partial charge in [-0.1, -0.05) is 18.2 Å². The molecule has 0 saturated heterocycles. The molecule has 1 aromatic rings. The van der Waals surface area contributed by atoms with E-state index in [1.165, 1.54) is 6.08 Å².